The van der Waals surface area contributed by atoms with E-state index in [9.17, 15) is 4.79 Å². The number of carbonyl (C=O) groups is 1. The molecule has 0 bridgehead atoms. The van der Waals surface area contributed by atoms with Crippen LogP contribution in [0.25, 0.3) is 6.08 Å². The van der Waals surface area contributed by atoms with Crippen molar-refractivity contribution >= 4 is 29.3 Å². The number of para-hydroxylation sites is 1. The van der Waals surface area contributed by atoms with E-state index in [0.29, 0.717) is 23.1 Å². The summed E-state index contributed by atoms with van der Waals surface area (Å²) in [5, 5.41) is 3.18. The molecule has 1 atom stereocenters. The van der Waals surface area contributed by atoms with E-state index >= 15 is 0 Å². The average molecular weight is 394 g/mol. The Hall–Kier alpha value is -2.70. The maximum Gasteiger partial charge on any atom is 0.274 e. The van der Waals surface area contributed by atoms with Crippen LogP contribution in [0.3, 0.4) is 0 Å². The van der Waals surface area contributed by atoms with Crippen molar-refractivity contribution in [1.82, 2.24) is 10.2 Å². The normalized spacial score (nSPS) is 21.1. The number of nitrogens with zero attached hydrogens (tertiary/aromatic N) is 1. The Morgan fingerprint density at radius 2 is 1.96 bits per heavy atom. The van der Waals surface area contributed by atoms with Gasteiger partial charge in [-0.1, -0.05) is 30.3 Å². The first-order valence-corrected chi connectivity index (χ1v) is 9.89. The van der Waals surface area contributed by atoms with E-state index in [2.05, 4.69) is 5.32 Å². The Labute approximate surface area is 169 Å². The van der Waals surface area contributed by atoms with E-state index in [4.69, 9.17) is 21.7 Å². The van der Waals surface area contributed by atoms with Crippen molar-refractivity contribution in [2.75, 3.05) is 13.2 Å². The van der Waals surface area contributed by atoms with Crippen molar-refractivity contribution in [2.24, 2.45) is 0 Å². The summed E-state index contributed by atoms with van der Waals surface area (Å²) in [6.07, 6.45) is 5.16. The van der Waals surface area contributed by atoms with Gasteiger partial charge in [0, 0.05) is 6.61 Å². The molecule has 28 heavy (non-hydrogen) atoms. The highest BCUT2D eigenvalue weighted by Crippen LogP contribution is 2.25. The van der Waals surface area contributed by atoms with Gasteiger partial charge >= 0.3 is 0 Å². The number of rotatable bonds is 5. The van der Waals surface area contributed by atoms with Gasteiger partial charge < -0.3 is 14.4 Å². The fourth-order valence-electron chi connectivity index (χ4n) is 3.39. The van der Waals surface area contributed by atoms with Crippen LogP contribution in [-0.4, -0.2) is 35.2 Å². The quantitative estimate of drug-likeness (QED) is 0.611. The van der Waals surface area contributed by atoms with Crippen molar-refractivity contribution in [1.29, 1.82) is 0 Å². The van der Waals surface area contributed by atoms with Crippen LogP contribution in [0.4, 0.5) is 0 Å². The first kappa shape index (κ1) is 18.7. The summed E-state index contributed by atoms with van der Waals surface area (Å²) in [6, 6.07) is 17.2. The van der Waals surface area contributed by atoms with E-state index in [0.717, 1.165) is 37.2 Å². The fourth-order valence-corrected chi connectivity index (χ4v) is 3.66. The molecule has 144 valence electrons. The molecule has 0 spiro atoms. The molecule has 0 aliphatic carbocycles. The summed E-state index contributed by atoms with van der Waals surface area (Å²) in [7, 11) is 0. The Kier molecular flexibility index (Phi) is 5.69. The zero-order valence-electron chi connectivity index (χ0n) is 15.5. The maximum atomic E-state index is 12.4. The van der Waals surface area contributed by atoms with E-state index in [-0.39, 0.29) is 12.0 Å². The van der Waals surface area contributed by atoms with Crippen molar-refractivity contribution in [3.05, 3.63) is 65.9 Å². The summed E-state index contributed by atoms with van der Waals surface area (Å²) >= 11 is 5.36. The Bertz CT molecular complexity index is 892. The monoisotopic (exact) mass is 394 g/mol. The molecule has 0 radical (unpaired) electrons. The van der Waals surface area contributed by atoms with Gasteiger partial charge in [-0.05, 0) is 67.4 Å². The molecule has 2 heterocycles. The molecule has 2 aromatic carbocycles. The number of thiocarbonyl (C=S) groups is 1. The molecule has 1 unspecified atom stereocenters. The van der Waals surface area contributed by atoms with Crippen molar-refractivity contribution in [3.63, 3.8) is 0 Å². The first-order valence-electron chi connectivity index (χ1n) is 9.48. The molecule has 2 saturated heterocycles. The van der Waals surface area contributed by atoms with Gasteiger partial charge in [-0.25, -0.2) is 0 Å². The highest BCUT2D eigenvalue weighted by molar-refractivity contribution is 7.80. The van der Waals surface area contributed by atoms with Crippen LogP contribution in [0, 0.1) is 0 Å². The Balaban J connectivity index is 1.54. The molecule has 6 heteroatoms. The number of carbonyl (C=O) groups excluding carboxylic acids is 1. The van der Waals surface area contributed by atoms with Gasteiger partial charge in [0.15, 0.2) is 5.11 Å². The molecule has 2 aliphatic heterocycles. The number of nitrogens with one attached hydrogen (secondary N) is 1. The molecular formula is C22H22N2O3S. The molecule has 1 amide bonds. The lowest BCUT2D eigenvalue weighted by atomic mass is 10.1. The van der Waals surface area contributed by atoms with Crippen LogP contribution >= 0.6 is 12.2 Å². The van der Waals surface area contributed by atoms with Crippen LogP contribution in [0.1, 0.15) is 24.8 Å². The third kappa shape index (κ3) is 4.40. The van der Waals surface area contributed by atoms with Gasteiger partial charge in [0.1, 0.15) is 17.2 Å². The van der Waals surface area contributed by atoms with Gasteiger partial charge in [0.05, 0.1) is 12.6 Å². The van der Waals surface area contributed by atoms with Crippen LogP contribution < -0.4 is 10.1 Å². The summed E-state index contributed by atoms with van der Waals surface area (Å²) < 4.78 is 11.7. The highest BCUT2D eigenvalue weighted by atomic mass is 32.1. The zero-order valence-corrected chi connectivity index (χ0v) is 16.3. The van der Waals surface area contributed by atoms with Crippen LogP contribution in [-0.2, 0) is 9.53 Å². The van der Waals surface area contributed by atoms with Crippen LogP contribution in [0.2, 0.25) is 0 Å². The van der Waals surface area contributed by atoms with Gasteiger partial charge in [0.25, 0.3) is 5.91 Å². The van der Waals surface area contributed by atoms with Gasteiger partial charge in [-0.2, -0.15) is 0 Å². The molecular weight excluding hydrogens is 372 g/mol. The lowest BCUT2D eigenvalue weighted by Crippen LogP contribution is -2.37. The predicted molar refractivity (Wildman–Crippen MR) is 112 cm³/mol. The molecule has 2 fully saturated rings. The minimum atomic E-state index is -0.185. The average Bonchev–Trinajstić information content (AvgIpc) is 2.97. The molecule has 4 rings (SSSR count). The summed E-state index contributed by atoms with van der Waals surface area (Å²) in [5.41, 5.74) is 1.41. The molecule has 2 aliphatic rings. The standard InChI is InChI=1S/C22H22N2O3S/c25-21-20(24(22(28)23-21)15-19-10-4-5-12-26-19)14-16-7-6-11-18(13-16)27-17-8-2-1-3-9-17/h1-3,6-9,11,13-14,19H,4-5,10,12,15H2,(H,23,25,28)/b20-14+. The van der Waals surface area contributed by atoms with E-state index in [1.165, 1.54) is 0 Å². The maximum absolute atomic E-state index is 12.4. The molecule has 5 nitrogen and oxygen atoms in total. The minimum absolute atomic E-state index is 0.0931. The van der Waals surface area contributed by atoms with E-state index in [1.807, 2.05) is 65.6 Å². The Morgan fingerprint density at radius 1 is 1.14 bits per heavy atom. The predicted octanol–water partition coefficient (Wildman–Crippen LogP) is 4.11. The summed E-state index contributed by atoms with van der Waals surface area (Å²) in [4.78, 5) is 14.3. The number of hydrogen-bond acceptors (Lipinski definition) is 4. The largest absolute Gasteiger partial charge is 0.457 e. The number of benzene rings is 2. The van der Waals surface area contributed by atoms with Gasteiger partial charge in [-0.15, -0.1) is 0 Å². The van der Waals surface area contributed by atoms with Crippen molar-refractivity contribution in [3.8, 4) is 11.5 Å². The third-order valence-electron chi connectivity index (χ3n) is 4.79. The zero-order chi connectivity index (χ0) is 19.3. The lowest BCUT2D eigenvalue weighted by Gasteiger charge is -2.27. The van der Waals surface area contributed by atoms with Crippen LogP contribution in [0.15, 0.2) is 60.3 Å². The van der Waals surface area contributed by atoms with Crippen LogP contribution in [0.5, 0.6) is 11.5 Å². The molecule has 0 saturated carbocycles. The minimum Gasteiger partial charge on any atom is -0.457 e. The number of ether oxygens (including phenoxy) is 2. The summed E-state index contributed by atoms with van der Waals surface area (Å²) in [6.45, 7) is 1.36. The number of hydrogen-bond donors (Lipinski definition) is 1. The smallest absolute Gasteiger partial charge is 0.274 e. The topological polar surface area (TPSA) is 50.8 Å². The number of amides is 1. The highest BCUT2D eigenvalue weighted by Gasteiger charge is 2.32. The lowest BCUT2D eigenvalue weighted by molar-refractivity contribution is -0.116. The fraction of sp³-hybridized carbons (Fsp3) is 0.273. The van der Waals surface area contributed by atoms with E-state index < -0.39 is 0 Å². The van der Waals surface area contributed by atoms with E-state index in [1.54, 1.807) is 0 Å². The second kappa shape index (κ2) is 8.54. The van der Waals surface area contributed by atoms with Gasteiger partial charge in [-0.3, -0.25) is 10.1 Å². The first-order chi connectivity index (χ1) is 13.7. The Morgan fingerprint density at radius 3 is 2.75 bits per heavy atom. The molecule has 0 aromatic heterocycles. The van der Waals surface area contributed by atoms with Gasteiger partial charge in [0.2, 0.25) is 0 Å². The third-order valence-corrected chi connectivity index (χ3v) is 5.11. The molecule has 2 aromatic rings. The SMILES string of the molecule is O=C1NC(=S)N(CC2CCCCO2)/C1=C/c1cccc(Oc2ccccc2)c1. The van der Waals surface area contributed by atoms with Crippen molar-refractivity contribution in [2.45, 2.75) is 25.4 Å². The van der Waals surface area contributed by atoms with Crippen molar-refractivity contribution < 1.29 is 14.3 Å². The summed E-state index contributed by atoms with van der Waals surface area (Å²) in [5.74, 6) is 1.29. The molecule has 1 N–H and O–H groups in total. The second-order valence-corrected chi connectivity index (χ2v) is 7.26. The second-order valence-electron chi connectivity index (χ2n) is 6.88.